The number of hydrogen-bond acceptors (Lipinski definition) is 4. The number of rotatable bonds is 6. The van der Waals surface area contributed by atoms with Crippen molar-refractivity contribution in [1.82, 2.24) is 4.72 Å². The van der Waals surface area contributed by atoms with Crippen LogP contribution >= 0.6 is 0 Å². The molecule has 2 aromatic carbocycles. The number of Topliss-reactive ketones (excluding diaryl/α,β-unsaturated/α-hetero) is 1. The average Bonchev–Trinajstić information content (AvgIpc) is 2.59. The molecule has 0 saturated heterocycles. The molecule has 26 heavy (non-hydrogen) atoms. The van der Waals surface area contributed by atoms with E-state index in [1.165, 1.54) is 7.11 Å². The van der Waals surface area contributed by atoms with E-state index >= 15 is 0 Å². The van der Waals surface area contributed by atoms with Crippen LogP contribution in [0.4, 0.5) is 13.2 Å². The molecule has 0 amide bonds. The molecular formula is C17H16F3NO4S. The fourth-order valence-corrected chi connectivity index (χ4v) is 3.28. The molecule has 0 aliphatic carbocycles. The summed E-state index contributed by atoms with van der Waals surface area (Å²) in [6.45, 7) is 0.878. The zero-order valence-corrected chi connectivity index (χ0v) is 14.7. The highest BCUT2D eigenvalue weighted by molar-refractivity contribution is 7.89. The van der Waals surface area contributed by atoms with Crippen LogP contribution in [0.1, 0.15) is 28.4 Å². The topological polar surface area (TPSA) is 72.5 Å². The number of alkyl halides is 3. The van der Waals surface area contributed by atoms with Crippen molar-refractivity contribution in [2.45, 2.75) is 24.5 Å². The van der Waals surface area contributed by atoms with Gasteiger partial charge >= 0.3 is 6.18 Å². The zero-order chi connectivity index (χ0) is 19.5. The number of nitrogens with one attached hydrogen (secondary N) is 1. The van der Waals surface area contributed by atoms with Gasteiger partial charge in [-0.05, 0) is 42.8 Å². The van der Waals surface area contributed by atoms with E-state index in [-0.39, 0.29) is 6.54 Å². The minimum absolute atomic E-state index is 0.109. The van der Waals surface area contributed by atoms with E-state index < -0.39 is 38.0 Å². The van der Waals surface area contributed by atoms with Crippen molar-refractivity contribution in [2.75, 3.05) is 7.11 Å². The molecule has 0 heterocycles. The van der Waals surface area contributed by atoms with Crippen LogP contribution in [0.2, 0.25) is 0 Å². The van der Waals surface area contributed by atoms with Crippen LogP contribution < -0.4 is 9.46 Å². The first-order chi connectivity index (χ1) is 12.0. The van der Waals surface area contributed by atoms with E-state index in [2.05, 4.69) is 4.72 Å². The Labute approximate surface area is 148 Å². The Kier molecular flexibility index (Phi) is 5.72. The van der Waals surface area contributed by atoms with Gasteiger partial charge in [0.25, 0.3) is 0 Å². The number of carbonyl (C=O) groups excluding carboxylic acids is 1. The van der Waals surface area contributed by atoms with Crippen molar-refractivity contribution in [3.63, 3.8) is 0 Å². The summed E-state index contributed by atoms with van der Waals surface area (Å²) in [6, 6.07) is 8.82. The van der Waals surface area contributed by atoms with E-state index in [0.717, 1.165) is 19.1 Å². The first kappa shape index (κ1) is 19.9. The molecule has 0 saturated carbocycles. The van der Waals surface area contributed by atoms with Gasteiger partial charge in [0, 0.05) is 12.1 Å². The molecule has 140 valence electrons. The Morgan fingerprint density at radius 1 is 1.12 bits per heavy atom. The van der Waals surface area contributed by atoms with Gasteiger partial charge < -0.3 is 4.74 Å². The van der Waals surface area contributed by atoms with Crippen molar-refractivity contribution in [2.24, 2.45) is 0 Å². The highest BCUT2D eigenvalue weighted by Crippen LogP contribution is 2.33. The van der Waals surface area contributed by atoms with E-state index in [9.17, 15) is 26.4 Å². The summed E-state index contributed by atoms with van der Waals surface area (Å²) < 4.78 is 71.2. The predicted octanol–water partition coefficient (Wildman–Crippen LogP) is 3.40. The smallest absolute Gasteiger partial charge is 0.417 e. The van der Waals surface area contributed by atoms with E-state index in [4.69, 9.17) is 4.74 Å². The van der Waals surface area contributed by atoms with Crippen molar-refractivity contribution < 1.29 is 31.1 Å². The second kappa shape index (κ2) is 7.46. The Hall–Kier alpha value is -2.39. The summed E-state index contributed by atoms with van der Waals surface area (Å²) in [7, 11) is -2.71. The maximum atomic E-state index is 13.1. The molecule has 5 nitrogen and oxygen atoms in total. The van der Waals surface area contributed by atoms with Crippen LogP contribution in [0.3, 0.4) is 0 Å². The van der Waals surface area contributed by atoms with Gasteiger partial charge in [0.05, 0.1) is 17.6 Å². The normalized spacial score (nSPS) is 12.0. The maximum Gasteiger partial charge on any atom is 0.417 e. The van der Waals surface area contributed by atoms with Crippen LogP contribution in [0.25, 0.3) is 0 Å². The number of benzene rings is 2. The third-order valence-corrected chi connectivity index (χ3v) is 5.01. The standard InChI is InChI=1S/C17H16F3NO4S/c1-11(22)15-8-7-14(9-16(15)17(18,19)20)26(23,24)21-10-12-3-5-13(25-2)6-4-12/h3-9,21H,10H2,1-2H3. The summed E-state index contributed by atoms with van der Waals surface area (Å²) in [5.74, 6) is -0.210. The van der Waals surface area contributed by atoms with Gasteiger partial charge in [0.1, 0.15) is 5.75 Å². The average molecular weight is 387 g/mol. The largest absolute Gasteiger partial charge is 0.497 e. The van der Waals surface area contributed by atoms with E-state index in [1.807, 2.05) is 0 Å². The van der Waals surface area contributed by atoms with Crippen molar-refractivity contribution >= 4 is 15.8 Å². The number of methoxy groups -OCH3 is 1. The third kappa shape index (κ3) is 4.61. The van der Waals surface area contributed by atoms with Crippen LogP contribution in [0, 0.1) is 0 Å². The molecular weight excluding hydrogens is 371 g/mol. The summed E-state index contributed by atoms with van der Waals surface area (Å²) >= 11 is 0. The molecule has 1 N–H and O–H groups in total. The van der Waals surface area contributed by atoms with Gasteiger partial charge in [0.2, 0.25) is 10.0 Å². The Bertz CT molecular complexity index is 907. The van der Waals surface area contributed by atoms with Crippen LogP contribution in [-0.2, 0) is 22.7 Å². The number of ether oxygens (including phenoxy) is 1. The van der Waals surface area contributed by atoms with Crippen LogP contribution in [0.15, 0.2) is 47.4 Å². The highest BCUT2D eigenvalue weighted by atomic mass is 32.2. The van der Waals surface area contributed by atoms with Gasteiger partial charge in [-0.2, -0.15) is 13.2 Å². The number of carbonyl (C=O) groups is 1. The van der Waals surface area contributed by atoms with Gasteiger partial charge in [0.15, 0.2) is 5.78 Å². The van der Waals surface area contributed by atoms with Crippen molar-refractivity contribution in [1.29, 1.82) is 0 Å². The number of hydrogen-bond donors (Lipinski definition) is 1. The molecule has 0 aliphatic rings. The quantitative estimate of drug-likeness (QED) is 0.772. The molecule has 0 radical (unpaired) electrons. The predicted molar refractivity (Wildman–Crippen MR) is 88.5 cm³/mol. The molecule has 0 aliphatic heterocycles. The molecule has 9 heteroatoms. The molecule has 0 bridgehead atoms. The fraction of sp³-hybridized carbons (Fsp3) is 0.235. The lowest BCUT2D eigenvalue weighted by molar-refractivity contribution is -0.138. The number of halogens is 3. The Morgan fingerprint density at radius 2 is 1.73 bits per heavy atom. The van der Waals surface area contributed by atoms with E-state index in [1.54, 1.807) is 24.3 Å². The third-order valence-electron chi connectivity index (χ3n) is 3.61. The molecule has 0 unspecified atom stereocenters. The lowest BCUT2D eigenvalue weighted by atomic mass is 10.0. The van der Waals surface area contributed by atoms with Crippen molar-refractivity contribution in [3.8, 4) is 5.75 Å². The molecule has 2 aromatic rings. The fourth-order valence-electron chi connectivity index (χ4n) is 2.24. The van der Waals surface area contributed by atoms with Crippen LogP contribution in [0.5, 0.6) is 5.75 Å². The van der Waals surface area contributed by atoms with Crippen molar-refractivity contribution in [3.05, 3.63) is 59.2 Å². The Balaban J connectivity index is 2.29. The molecule has 0 spiro atoms. The van der Waals surface area contributed by atoms with Gasteiger partial charge in [-0.25, -0.2) is 13.1 Å². The monoisotopic (exact) mass is 387 g/mol. The van der Waals surface area contributed by atoms with Gasteiger partial charge in [-0.3, -0.25) is 4.79 Å². The number of ketones is 1. The molecule has 0 fully saturated rings. The minimum Gasteiger partial charge on any atom is -0.497 e. The molecule has 2 rings (SSSR count). The zero-order valence-electron chi connectivity index (χ0n) is 13.9. The maximum absolute atomic E-state index is 13.1. The molecule has 0 atom stereocenters. The van der Waals surface area contributed by atoms with E-state index in [0.29, 0.717) is 17.4 Å². The Morgan fingerprint density at radius 3 is 2.23 bits per heavy atom. The summed E-state index contributed by atoms with van der Waals surface area (Å²) in [5.41, 5.74) is -1.25. The summed E-state index contributed by atoms with van der Waals surface area (Å²) in [4.78, 5) is 10.8. The van der Waals surface area contributed by atoms with Crippen LogP contribution in [-0.4, -0.2) is 21.3 Å². The number of sulfonamides is 1. The summed E-state index contributed by atoms with van der Waals surface area (Å²) in [6.07, 6.45) is -4.84. The molecule has 0 aromatic heterocycles. The lowest BCUT2D eigenvalue weighted by Crippen LogP contribution is -2.24. The van der Waals surface area contributed by atoms with Gasteiger partial charge in [-0.15, -0.1) is 0 Å². The summed E-state index contributed by atoms with van der Waals surface area (Å²) in [5, 5.41) is 0. The highest BCUT2D eigenvalue weighted by Gasteiger charge is 2.35. The first-order valence-corrected chi connectivity index (χ1v) is 8.87. The minimum atomic E-state index is -4.84. The van der Waals surface area contributed by atoms with Gasteiger partial charge in [-0.1, -0.05) is 12.1 Å². The second-order valence-electron chi connectivity index (χ2n) is 5.43. The first-order valence-electron chi connectivity index (χ1n) is 7.39. The SMILES string of the molecule is COc1ccc(CNS(=O)(=O)c2ccc(C(C)=O)c(C(F)(F)F)c2)cc1. The second-order valence-corrected chi connectivity index (χ2v) is 7.20. The lowest BCUT2D eigenvalue weighted by Gasteiger charge is -2.13.